The third-order valence-electron chi connectivity index (χ3n) is 2.87. The van der Waals surface area contributed by atoms with Gasteiger partial charge in [0.05, 0.1) is 11.3 Å². The summed E-state index contributed by atoms with van der Waals surface area (Å²) in [4.78, 5) is 3.41. The van der Waals surface area contributed by atoms with Gasteiger partial charge in [-0.1, -0.05) is 24.1 Å². The lowest BCUT2D eigenvalue weighted by atomic mass is 10.2. The first-order valence-electron chi connectivity index (χ1n) is 6.67. The minimum absolute atomic E-state index is 0.0595. The monoisotopic (exact) mass is 467 g/mol. The van der Waals surface area contributed by atoms with E-state index >= 15 is 0 Å². The normalized spacial score (nSPS) is 12.5. The van der Waals surface area contributed by atoms with Crippen LogP contribution >= 0.6 is 22.6 Å². The number of rotatable bonds is 1. The molecule has 2 aromatic rings. The van der Waals surface area contributed by atoms with Crippen LogP contribution in [-0.2, 0) is 6.18 Å². The van der Waals surface area contributed by atoms with Gasteiger partial charge in [0.15, 0.2) is 5.71 Å². The van der Waals surface area contributed by atoms with Crippen LogP contribution in [0.15, 0.2) is 53.5 Å². The van der Waals surface area contributed by atoms with Gasteiger partial charge in [-0.15, -0.1) is 0 Å². The summed E-state index contributed by atoms with van der Waals surface area (Å²) in [5.41, 5.74) is -2.21. The fourth-order valence-corrected chi connectivity index (χ4v) is 2.35. The lowest BCUT2D eigenvalue weighted by Crippen LogP contribution is -2.21. The molecule has 0 aromatic heterocycles. The molecule has 0 saturated carbocycles. The van der Waals surface area contributed by atoms with Crippen LogP contribution in [0.5, 0.6) is 0 Å². The summed E-state index contributed by atoms with van der Waals surface area (Å²) in [5.74, 6) is 4.29. The van der Waals surface area contributed by atoms with Gasteiger partial charge in [0, 0.05) is 9.13 Å². The van der Waals surface area contributed by atoms with E-state index < -0.39 is 23.6 Å². The second kappa shape index (κ2) is 7.47. The molecule has 1 nitrogen and oxygen atoms in total. The fraction of sp³-hybridized carbons (Fsp3) is 0.118. The SMILES string of the molecule is FC(F)(F)C(C#Cc1ccccc1)=Nc1ccc(C(F)(F)F)cc1I. The average molecular weight is 467 g/mol. The van der Waals surface area contributed by atoms with Gasteiger partial charge in [0.2, 0.25) is 0 Å². The van der Waals surface area contributed by atoms with Crippen molar-refractivity contribution in [3.8, 4) is 11.8 Å². The minimum Gasteiger partial charge on any atom is -0.234 e. The Kier molecular flexibility index (Phi) is 5.77. The topological polar surface area (TPSA) is 12.4 Å². The molecule has 0 aliphatic carbocycles. The van der Waals surface area contributed by atoms with Crippen molar-refractivity contribution in [2.45, 2.75) is 12.4 Å². The molecule has 2 rings (SSSR count). The first-order chi connectivity index (χ1) is 11.6. The number of hydrogen-bond acceptors (Lipinski definition) is 1. The van der Waals surface area contributed by atoms with Gasteiger partial charge in [-0.25, -0.2) is 4.99 Å². The van der Waals surface area contributed by atoms with Crippen molar-refractivity contribution in [2.75, 3.05) is 0 Å². The number of nitrogens with zero attached hydrogens (tertiary/aromatic N) is 1. The predicted octanol–water partition coefficient (Wildman–Crippen LogP) is 6.00. The molecule has 0 unspecified atom stereocenters. The van der Waals surface area contributed by atoms with E-state index in [1.54, 1.807) is 18.2 Å². The third-order valence-corrected chi connectivity index (χ3v) is 3.74. The van der Waals surface area contributed by atoms with Gasteiger partial charge in [-0.3, -0.25) is 0 Å². The van der Waals surface area contributed by atoms with Crippen molar-refractivity contribution in [2.24, 2.45) is 4.99 Å². The highest BCUT2D eigenvalue weighted by molar-refractivity contribution is 14.1. The standard InChI is InChI=1S/C17H8F6IN/c18-16(19,20)12-7-8-14(13(24)10-12)25-15(17(21,22)23)9-6-11-4-2-1-3-5-11/h1-5,7-8,10H. The highest BCUT2D eigenvalue weighted by atomic mass is 127. The maximum atomic E-state index is 13.1. The van der Waals surface area contributed by atoms with E-state index in [0.717, 1.165) is 12.1 Å². The van der Waals surface area contributed by atoms with Gasteiger partial charge in [0.25, 0.3) is 0 Å². The van der Waals surface area contributed by atoms with Crippen LogP contribution in [0.2, 0.25) is 0 Å². The molecule has 0 spiro atoms. The smallest absolute Gasteiger partial charge is 0.234 e. The number of hydrogen-bond donors (Lipinski definition) is 0. The molecule has 0 heterocycles. The first kappa shape index (κ1) is 19.3. The molecular weight excluding hydrogens is 459 g/mol. The zero-order valence-corrected chi connectivity index (χ0v) is 14.4. The Morgan fingerprint density at radius 1 is 0.920 bits per heavy atom. The minimum atomic E-state index is -4.83. The Labute approximate surface area is 152 Å². The Bertz CT molecular complexity index is 841. The van der Waals surface area contributed by atoms with Crippen LogP contribution in [0.1, 0.15) is 11.1 Å². The molecule has 8 heteroatoms. The highest BCUT2D eigenvalue weighted by Crippen LogP contribution is 2.34. The average Bonchev–Trinajstić information content (AvgIpc) is 2.51. The summed E-state index contributed by atoms with van der Waals surface area (Å²) in [7, 11) is 0. The number of halogens is 7. The Morgan fingerprint density at radius 2 is 1.56 bits per heavy atom. The Balaban J connectivity index is 2.44. The number of benzene rings is 2. The van der Waals surface area contributed by atoms with Crippen molar-refractivity contribution in [1.82, 2.24) is 0 Å². The summed E-state index contributed by atoms with van der Waals surface area (Å²) >= 11 is 1.50. The number of aliphatic imine (C=N–C) groups is 1. The van der Waals surface area contributed by atoms with Gasteiger partial charge >= 0.3 is 12.4 Å². The van der Waals surface area contributed by atoms with Crippen LogP contribution in [0.3, 0.4) is 0 Å². The van der Waals surface area contributed by atoms with E-state index in [9.17, 15) is 26.3 Å². The fourth-order valence-electron chi connectivity index (χ4n) is 1.71. The lowest BCUT2D eigenvalue weighted by Gasteiger charge is -2.09. The predicted molar refractivity (Wildman–Crippen MR) is 90.6 cm³/mol. The molecule has 0 N–H and O–H groups in total. The first-order valence-corrected chi connectivity index (χ1v) is 7.75. The molecule has 0 atom stereocenters. The molecule has 0 radical (unpaired) electrons. The summed E-state index contributed by atoms with van der Waals surface area (Å²) in [6.45, 7) is 0. The van der Waals surface area contributed by atoms with E-state index in [0.29, 0.717) is 11.6 Å². The largest absolute Gasteiger partial charge is 0.441 e. The third kappa shape index (κ3) is 5.49. The zero-order chi connectivity index (χ0) is 18.7. The molecule has 0 saturated heterocycles. The maximum Gasteiger partial charge on any atom is 0.441 e. The second-order valence-corrected chi connectivity index (χ2v) is 5.90. The summed E-state index contributed by atoms with van der Waals surface area (Å²) in [5, 5.41) is 0. The maximum absolute atomic E-state index is 13.1. The molecule has 0 aliphatic rings. The van der Waals surface area contributed by atoms with Crippen molar-refractivity contribution >= 4 is 34.0 Å². The van der Waals surface area contributed by atoms with Crippen LogP contribution in [0.4, 0.5) is 32.0 Å². The molecule has 25 heavy (non-hydrogen) atoms. The van der Waals surface area contributed by atoms with Crippen LogP contribution in [0.25, 0.3) is 0 Å². The Morgan fingerprint density at radius 3 is 2.08 bits per heavy atom. The zero-order valence-electron chi connectivity index (χ0n) is 12.2. The Hall–Kier alpha value is -2.02. The molecule has 0 amide bonds. The van der Waals surface area contributed by atoms with Crippen molar-refractivity contribution in [3.05, 3.63) is 63.2 Å². The molecule has 130 valence electrons. The molecule has 0 bridgehead atoms. The van der Waals surface area contributed by atoms with E-state index in [2.05, 4.69) is 10.9 Å². The van der Waals surface area contributed by atoms with Gasteiger partial charge in [-0.05, 0) is 58.8 Å². The van der Waals surface area contributed by atoms with Crippen LogP contribution < -0.4 is 0 Å². The molecular formula is C17H8F6IN. The van der Waals surface area contributed by atoms with E-state index in [4.69, 9.17) is 0 Å². The van der Waals surface area contributed by atoms with Gasteiger partial charge in [0.1, 0.15) is 0 Å². The van der Waals surface area contributed by atoms with Gasteiger partial charge < -0.3 is 0 Å². The highest BCUT2D eigenvalue weighted by Gasteiger charge is 2.35. The second-order valence-electron chi connectivity index (χ2n) is 4.74. The van der Waals surface area contributed by atoms with E-state index in [1.165, 1.54) is 34.7 Å². The van der Waals surface area contributed by atoms with E-state index in [-0.39, 0.29) is 9.26 Å². The van der Waals surface area contributed by atoms with Crippen molar-refractivity contribution < 1.29 is 26.3 Å². The molecule has 2 aromatic carbocycles. The summed E-state index contributed by atoms with van der Waals surface area (Å²) < 4.78 is 77.1. The summed E-state index contributed by atoms with van der Waals surface area (Å²) in [6.07, 6.45) is -9.41. The van der Waals surface area contributed by atoms with Crippen molar-refractivity contribution in [1.29, 1.82) is 0 Å². The van der Waals surface area contributed by atoms with Gasteiger partial charge in [-0.2, -0.15) is 26.3 Å². The number of alkyl halides is 6. The van der Waals surface area contributed by atoms with E-state index in [1.807, 2.05) is 5.92 Å². The van der Waals surface area contributed by atoms with Crippen LogP contribution in [-0.4, -0.2) is 11.9 Å². The van der Waals surface area contributed by atoms with Crippen LogP contribution in [0, 0.1) is 15.4 Å². The quantitative estimate of drug-likeness (QED) is 0.211. The molecule has 0 fully saturated rings. The van der Waals surface area contributed by atoms with Crippen molar-refractivity contribution in [3.63, 3.8) is 0 Å². The lowest BCUT2D eigenvalue weighted by molar-refractivity contribution is -0.137. The summed E-state index contributed by atoms with van der Waals surface area (Å²) in [6, 6.07) is 10.3. The molecule has 0 aliphatic heterocycles.